The molecule has 0 spiro atoms. The van der Waals surface area contributed by atoms with Crippen LogP contribution in [0.25, 0.3) is 0 Å². The van der Waals surface area contributed by atoms with E-state index < -0.39 is 0 Å². The van der Waals surface area contributed by atoms with Gasteiger partial charge in [0.15, 0.2) is 6.29 Å². The molecule has 21 heavy (non-hydrogen) atoms. The lowest BCUT2D eigenvalue weighted by molar-refractivity contribution is 0.112. The van der Waals surface area contributed by atoms with E-state index in [1.54, 1.807) is 25.3 Å². The summed E-state index contributed by atoms with van der Waals surface area (Å²) in [5, 5.41) is 0. The average Bonchev–Trinajstić information content (AvgIpc) is 2.50. The van der Waals surface area contributed by atoms with Gasteiger partial charge in [-0.3, -0.25) is 9.69 Å². The molecule has 0 saturated heterocycles. The molecule has 0 amide bonds. The van der Waals surface area contributed by atoms with Crippen LogP contribution < -0.4 is 9.47 Å². The van der Waals surface area contributed by atoms with Crippen LogP contribution in [-0.4, -0.2) is 45.0 Å². The number of ether oxygens (including phenoxy) is 2. The molecule has 0 heterocycles. The lowest BCUT2D eigenvalue weighted by Gasteiger charge is -2.13. The smallest absolute Gasteiger partial charge is 0.153 e. The van der Waals surface area contributed by atoms with Crippen molar-refractivity contribution in [1.82, 2.24) is 4.90 Å². The van der Waals surface area contributed by atoms with E-state index in [1.165, 1.54) is 0 Å². The first-order valence-corrected chi connectivity index (χ1v) is 7.09. The van der Waals surface area contributed by atoms with Gasteiger partial charge in [0.1, 0.15) is 11.5 Å². The van der Waals surface area contributed by atoms with E-state index in [0.29, 0.717) is 24.5 Å². The van der Waals surface area contributed by atoms with E-state index in [4.69, 9.17) is 15.9 Å². The Bertz CT molecular complexity index is 479. The van der Waals surface area contributed by atoms with E-state index in [-0.39, 0.29) is 0 Å². The third-order valence-electron chi connectivity index (χ3n) is 3.15. The van der Waals surface area contributed by atoms with Gasteiger partial charge < -0.3 is 9.47 Å². The minimum absolute atomic E-state index is 0.529. The van der Waals surface area contributed by atoms with Gasteiger partial charge in [0.2, 0.25) is 0 Å². The number of benzene rings is 1. The molecule has 0 saturated carbocycles. The van der Waals surface area contributed by atoms with Crippen LogP contribution in [0, 0.1) is 12.3 Å². The minimum Gasteiger partial charge on any atom is -0.496 e. The maximum absolute atomic E-state index is 10.8. The summed E-state index contributed by atoms with van der Waals surface area (Å²) >= 11 is 0. The van der Waals surface area contributed by atoms with Crippen molar-refractivity contribution in [2.45, 2.75) is 19.3 Å². The summed E-state index contributed by atoms with van der Waals surface area (Å²) in [5.74, 6) is 3.89. The maximum Gasteiger partial charge on any atom is 0.153 e. The quantitative estimate of drug-likeness (QED) is 0.377. The van der Waals surface area contributed by atoms with Crippen molar-refractivity contribution in [3.05, 3.63) is 23.8 Å². The monoisotopic (exact) mass is 289 g/mol. The number of aldehydes is 1. The van der Waals surface area contributed by atoms with Crippen LogP contribution >= 0.6 is 0 Å². The normalized spacial score (nSPS) is 10.2. The van der Waals surface area contributed by atoms with Gasteiger partial charge >= 0.3 is 0 Å². The van der Waals surface area contributed by atoms with Gasteiger partial charge in [0.05, 0.1) is 25.8 Å². The molecule has 1 aromatic carbocycles. The molecule has 1 aromatic rings. The molecule has 0 unspecified atom stereocenters. The van der Waals surface area contributed by atoms with Crippen LogP contribution in [0.3, 0.4) is 0 Å². The van der Waals surface area contributed by atoms with Gasteiger partial charge in [-0.05, 0) is 45.0 Å². The second-order valence-electron chi connectivity index (χ2n) is 4.87. The lowest BCUT2D eigenvalue weighted by Crippen LogP contribution is -2.19. The number of carbonyl (C=O) groups is 1. The second-order valence-corrected chi connectivity index (χ2v) is 4.87. The Labute approximate surface area is 127 Å². The highest BCUT2D eigenvalue weighted by Crippen LogP contribution is 2.23. The van der Waals surface area contributed by atoms with E-state index >= 15 is 0 Å². The van der Waals surface area contributed by atoms with Crippen LogP contribution in [-0.2, 0) is 0 Å². The number of nitrogens with zero attached hydrogens (tertiary/aromatic N) is 1. The first kappa shape index (κ1) is 17.1. The van der Waals surface area contributed by atoms with Crippen molar-refractivity contribution < 1.29 is 14.3 Å². The molecule has 0 aliphatic carbocycles. The van der Waals surface area contributed by atoms with Crippen LogP contribution in [0.15, 0.2) is 18.2 Å². The molecule has 0 fully saturated rings. The Morgan fingerprint density at radius 3 is 2.81 bits per heavy atom. The fourth-order valence-corrected chi connectivity index (χ4v) is 1.96. The Morgan fingerprint density at radius 1 is 1.33 bits per heavy atom. The molecular weight excluding hydrogens is 266 g/mol. The zero-order valence-corrected chi connectivity index (χ0v) is 12.8. The van der Waals surface area contributed by atoms with Gasteiger partial charge in [-0.2, -0.15) is 0 Å². The predicted octanol–water partition coefficient (Wildman–Crippen LogP) is 2.62. The summed E-state index contributed by atoms with van der Waals surface area (Å²) < 4.78 is 10.8. The van der Waals surface area contributed by atoms with E-state index in [9.17, 15) is 4.79 Å². The van der Waals surface area contributed by atoms with E-state index in [2.05, 4.69) is 10.8 Å². The Kier molecular flexibility index (Phi) is 8.00. The highest BCUT2D eigenvalue weighted by molar-refractivity contribution is 5.79. The average molecular weight is 289 g/mol. The topological polar surface area (TPSA) is 38.8 Å². The minimum atomic E-state index is 0.529. The standard InChI is InChI=1S/C17H23NO3/c1-4-10-18(2)11-6-5-7-12-21-16-9-8-15(14-19)17(13-16)20-3/h1,8-9,13-14H,5-7,10-12H2,2-3H3. The SMILES string of the molecule is C#CCN(C)CCCCCOc1ccc(C=O)c(OC)c1. The van der Waals surface area contributed by atoms with Crippen LogP contribution in [0.2, 0.25) is 0 Å². The zero-order valence-electron chi connectivity index (χ0n) is 12.8. The molecule has 0 bridgehead atoms. The number of hydrogen-bond donors (Lipinski definition) is 0. The van der Waals surface area contributed by atoms with Crippen LogP contribution in [0.1, 0.15) is 29.6 Å². The molecule has 0 radical (unpaired) electrons. The summed E-state index contributed by atoms with van der Waals surface area (Å²) in [6.45, 7) is 2.36. The highest BCUT2D eigenvalue weighted by atomic mass is 16.5. The molecule has 4 heteroatoms. The van der Waals surface area contributed by atoms with Gasteiger partial charge in [-0.1, -0.05) is 5.92 Å². The number of methoxy groups -OCH3 is 1. The largest absolute Gasteiger partial charge is 0.496 e. The van der Waals surface area contributed by atoms with Crippen LogP contribution in [0.4, 0.5) is 0 Å². The summed E-state index contributed by atoms with van der Waals surface area (Å²) in [5.41, 5.74) is 0.529. The first-order chi connectivity index (χ1) is 10.2. The van der Waals surface area contributed by atoms with Crippen molar-refractivity contribution in [2.24, 2.45) is 0 Å². The summed E-state index contributed by atoms with van der Waals surface area (Å²) in [6.07, 6.45) is 9.21. The van der Waals surface area contributed by atoms with Gasteiger partial charge in [-0.15, -0.1) is 6.42 Å². The lowest BCUT2D eigenvalue weighted by atomic mass is 10.2. The zero-order chi connectivity index (χ0) is 15.5. The van der Waals surface area contributed by atoms with Crippen molar-refractivity contribution in [2.75, 3.05) is 33.9 Å². The number of carbonyl (C=O) groups excluding carboxylic acids is 1. The Balaban J connectivity index is 2.24. The molecular formula is C17H23NO3. The number of hydrogen-bond acceptors (Lipinski definition) is 4. The predicted molar refractivity (Wildman–Crippen MR) is 84.1 cm³/mol. The molecule has 1 rings (SSSR count). The molecule has 0 N–H and O–H groups in total. The number of rotatable bonds is 10. The summed E-state index contributed by atoms with van der Waals surface area (Å²) in [7, 11) is 3.57. The van der Waals surface area contributed by atoms with Crippen molar-refractivity contribution in [1.29, 1.82) is 0 Å². The van der Waals surface area contributed by atoms with Gasteiger partial charge in [-0.25, -0.2) is 0 Å². The van der Waals surface area contributed by atoms with Gasteiger partial charge in [0, 0.05) is 6.07 Å². The molecule has 0 aliphatic rings. The number of terminal acetylenes is 1. The summed E-state index contributed by atoms with van der Waals surface area (Å²) in [4.78, 5) is 12.9. The Morgan fingerprint density at radius 2 is 2.14 bits per heavy atom. The first-order valence-electron chi connectivity index (χ1n) is 7.09. The van der Waals surface area contributed by atoms with E-state index in [1.807, 2.05) is 7.05 Å². The van der Waals surface area contributed by atoms with Crippen molar-refractivity contribution in [3.63, 3.8) is 0 Å². The number of unbranched alkanes of at least 4 members (excludes halogenated alkanes) is 2. The second kappa shape index (κ2) is 9.84. The van der Waals surface area contributed by atoms with Crippen LogP contribution in [0.5, 0.6) is 11.5 Å². The van der Waals surface area contributed by atoms with Gasteiger partial charge in [0.25, 0.3) is 0 Å². The molecule has 0 atom stereocenters. The van der Waals surface area contributed by atoms with E-state index in [0.717, 1.165) is 37.8 Å². The fourth-order valence-electron chi connectivity index (χ4n) is 1.96. The van der Waals surface area contributed by atoms with Crippen molar-refractivity contribution in [3.8, 4) is 23.8 Å². The molecule has 0 aromatic heterocycles. The molecule has 0 aliphatic heterocycles. The Hall–Kier alpha value is -1.99. The maximum atomic E-state index is 10.8. The fraction of sp³-hybridized carbons (Fsp3) is 0.471. The molecule has 4 nitrogen and oxygen atoms in total. The van der Waals surface area contributed by atoms with Crippen molar-refractivity contribution >= 4 is 6.29 Å². The third kappa shape index (κ3) is 6.33. The highest BCUT2D eigenvalue weighted by Gasteiger charge is 2.04. The molecule has 114 valence electrons. The third-order valence-corrected chi connectivity index (χ3v) is 3.15. The summed E-state index contributed by atoms with van der Waals surface area (Å²) in [6, 6.07) is 5.23.